The van der Waals surface area contributed by atoms with E-state index in [2.05, 4.69) is 15.1 Å². The van der Waals surface area contributed by atoms with Crippen molar-refractivity contribution in [3.8, 4) is 5.75 Å². The summed E-state index contributed by atoms with van der Waals surface area (Å²) in [5.41, 5.74) is 8.32. The van der Waals surface area contributed by atoms with Gasteiger partial charge in [0.05, 0.1) is 12.3 Å². The predicted molar refractivity (Wildman–Crippen MR) is 114 cm³/mol. The number of hydrogen-bond donors (Lipinski definition) is 2. The van der Waals surface area contributed by atoms with E-state index in [0.29, 0.717) is 24.1 Å². The number of anilines is 1. The quantitative estimate of drug-likeness (QED) is 0.745. The Bertz CT molecular complexity index is 747. The predicted octanol–water partition coefficient (Wildman–Crippen LogP) is 2.27. The van der Waals surface area contributed by atoms with Crippen LogP contribution >= 0.6 is 0 Å². The summed E-state index contributed by atoms with van der Waals surface area (Å²) in [5, 5.41) is 3.28. The average molecular weight is 399 g/mol. The van der Waals surface area contributed by atoms with Crippen molar-refractivity contribution in [2.24, 2.45) is 5.92 Å². The number of amides is 1. The molecule has 1 amide bonds. The monoisotopic (exact) mass is 398 g/mol. The van der Waals surface area contributed by atoms with Gasteiger partial charge in [-0.3, -0.25) is 9.69 Å². The lowest BCUT2D eigenvalue weighted by Gasteiger charge is -2.42. The van der Waals surface area contributed by atoms with E-state index >= 15 is 0 Å². The molecule has 0 bridgehead atoms. The van der Waals surface area contributed by atoms with Crippen LogP contribution in [0.25, 0.3) is 0 Å². The number of rotatable bonds is 5. The summed E-state index contributed by atoms with van der Waals surface area (Å²) in [4.78, 5) is 18.2. The van der Waals surface area contributed by atoms with E-state index in [0.717, 1.165) is 36.3 Å². The second-order valence-electron chi connectivity index (χ2n) is 9.37. The second-order valence-corrected chi connectivity index (χ2v) is 9.37. The van der Waals surface area contributed by atoms with Crippen molar-refractivity contribution in [2.75, 3.05) is 45.1 Å². The van der Waals surface area contributed by atoms with Crippen molar-refractivity contribution in [3.05, 3.63) is 23.3 Å². The van der Waals surface area contributed by atoms with Crippen molar-refractivity contribution in [3.63, 3.8) is 0 Å². The van der Waals surface area contributed by atoms with Crippen LogP contribution in [0.5, 0.6) is 5.75 Å². The molecule has 0 atom stereocenters. The molecule has 1 saturated heterocycles. The van der Waals surface area contributed by atoms with Crippen LogP contribution < -0.4 is 15.8 Å². The molecule has 2 heterocycles. The number of nitrogen functional groups attached to an aromatic ring is 1. The maximum absolute atomic E-state index is 12.9. The van der Waals surface area contributed by atoms with Gasteiger partial charge in [0.25, 0.3) is 5.91 Å². The molecule has 2 saturated carbocycles. The Hall–Kier alpha value is -1.79. The van der Waals surface area contributed by atoms with Gasteiger partial charge in [-0.25, -0.2) is 0 Å². The van der Waals surface area contributed by atoms with Crippen LogP contribution in [0.4, 0.5) is 5.69 Å². The van der Waals surface area contributed by atoms with Gasteiger partial charge in [-0.15, -0.1) is 0 Å². The normalized spacial score (nSPS) is 28.0. The minimum atomic E-state index is 0.0314. The van der Waals surface area contributed by atoms with Crippen LogP contribution in [0, 0.1) is 5.92 Å². The highest BCUT2D eigenvalue weighted by molar-refractivity contribution is 5.97. The first-order valence-corrected chi connectivity index (χ1v) is 11.5. The van der Waals surface area contributed by atoms with E-state index in [9.17, 15) is 4.79 Å². The average Bonchev–Trinajstić information content (AvgIpc) is 3.41. The van der Waals surface area contributed by atoms with Crippen LogP contribution in [-0.4, -0.2) is 67.1 Å². The third-order valence-electron chi connectivity index (χ3n) is 7.30. The standard InChI is InChI=1S/C23H34N4O2/c24-21-8-7-20(19-9-14-29-22(19)21)23(28)25-17-3-5-18(6-4-17)27-12-10-26(11-13-27)15-16-1-2-16/h7-8,16-18H,1-6,9-15,24H2,(H,25,28). The second kappa shape index (κ2) is 8.15. The number of hydrogen-bond acceptors (Lipinski definition) is 5. The summed E-state index contributed by atoms with van der Waals surface area (Å²) in [5.74, 6) is 1.74. The number of carbonyl (C=O) groups is 1. The topological polar surface area (TPSA) is 70.8 Å². The van der Waals surface area contributed by atoms with Crippen molar-refractivity contribution in [1.29, 1.82) is 0 Å². The Labute approximate surface area is 173 Å². The minimum Gasteiger partial charge on any atom is -0.491 e. The van der Waals surface area contributed by atoms with Crippen LogP contribution in [-0.2, 0) is 6.42 Å². The first-order valence-electron chi connectivity index (χ1n) is 11.5. The maximum atomic E-state index is 12.9. The first-order chi connectivity index (χ1) is 14.2. The van der Waals surface area contributed by atoms with Gasteiger partial charge in [-0.05, 0) is 56.6 Å². The first kappa shape index (κ1) is 19.2. The Balaban J connectivity index is 1.10. The Morgan fingerprint density at radius 3 is 2.55 bits per heavy atom. The summed E-state index contributed by atoms with van der Waals surface area (Å²) in [6, 6.07) is 4.62. The number of nitrogens with one attached hydrogen (secondary N) is 1. The zero-order valence-corrected chi connectivity index (χ0v) is 17.4. The van der Waals surface area contributed by atoms with Gasteiger partial charge in [-0.2, -0.15) is 0 Å². The number of nitrogens with zero attached hydrogens (tertiary/aromatic N) is 2. The number of piperazine rings is 1. The SMILES string of the molecule is Nc1ccc(C(=O)NC2CCC(N3CCN(CC4CC4)CC3)CC2)c2c1OCC2. The van der Waals surface area contributed by atoms with E-state index < -0.39 is 0 Å². The summed E-state index contributed by atoms with van der Waals surface area (Å²) in [7, 11) is 0. The summed E-state index contributed by atoms with van der Waals surface area (Å²) < 4.78 is 5.61. The molecule has 4 aliphatic rings. The van der Waals surface area contributed by atoms with Crippen molar-refractivity contribution in [1.82, 2.24) is 15.1 Å². The van der Waals surface area contributed by atoms with Gasteiger partial charge >= 0.3 is 0 Å². The van der Waals surface area contributed by atoms with E-state index in [1.54, 1.807) is 6.07 Å². The molecule has 2 aliphatic heterocycles. The van der Waals surface area contributed by atoms with Gasteiger partial charge in [0, 0.05) is 62.4 Å². The highest BCUT2D eigenvalue weighted by Crippen LogP contribution is 2.35. The number of nitrogens with two attached hydrogens (primary N) is 1. The lowest BCUT2D eigenvalue weighted by Crippen LogP contribution is -2.52. The van der Waals surface area contributed by atoms with Crippen LogP contribution in [0.2, 0.25) is 0 Å². The zero-order chi connectivity index (χ0) is 19.8. The van der Waals surface area contributed by atoms with Crippen molar-refractivity contribution < 1.29 is 9.53 Å². The van der Waals surface area contributed by atoms with Gasteiger partial charge in [0.15, 0.2) is 0 Å². The van der Waals surface area contributed by atoms with E-state index in [1.165, 1.54) is 58.4 Å². The molecule has 0 unspecified atom stereocenters. The molecule has 6 heteroatoms. The van der Waals surface area contributed by atoms with Crippen molar-refractivity contribution in [2.45, 2.75) is 57.0 Å². The highest BCUT2D eigenvalue weighted by Gasteiger charge is 2.31. The molecule has 6 nitrogen and oxygen atoms in total. The molecule has 3 N–H and O–H groups in total. The molecular formula is C23H34N4O2. The third kappa shape index (κ3) is 4.24. The number of ether oxygens (including phenoxy) is 1. The fourth-order valence-corrected chi connectivity index (χ4v) is 5.36. The van der Waals surface area contributed by atoms with Gasteiger partial charge in [0.2, 0.25) is 0 Å². The lowest BCUT2D eigenvalue weighted by atomic mass is 9.89. The molecule has 1 aromatic carbocycles. The summed E-state index contributed by atoms with van der Waals surface area (Å²) in [6.45, 7) is 6.84. The minimum absolute atomic E-state index is 0.0314. The van der Waals surface area contributed by atoms with Crippen LogP contribution in [0.15, 0.2) is 12.1 Å². The maximum Gasteiger partial charge on any atom is 0.251 e. The molecule has 29 heavy (non-hydrogen) atoms. The molecule has 3 fully saturated rings. The van der Waals surface area contributed by atoms with Gasteiger partial charge in [-0.1, -0.05) is 0 Å². The fraction of sp³-hybridized carbons (Fsp3) is 0.696. The molecule has 0 spiro atoms. The molecule has 2 aliphatic carbocycles. The van der Waals surface area contributed by atoms with E-state index in [-0.39, 0.29) is 11.9 Å². The number of benzene rings is 1. The molecule has 0 aromatic heterocycles. The highest BCUT2D eigenvalue weighted by atomic mass is 16.5. The number of fused-ring (bicyclic) bond motifs is 1. The summed E-state index contributed by atoms with van der Waals surface area (Å²) in [6.07, 6.45) is 8.19. The van der Waals surface area contributed by atoms with Gasteiger partial charge in [0.1, 0.15) is 5.75 Å². The molecule has 158 valence electrons. The molecule has 5 rings (SSSR count). The molecular weight excluding hydrogens is 364 g/mol. The van der Waals surface area contributed by atoms with Gasteiger partial charge < -0.3 is 20.7 Å². The van der Waals surface area contributed by atoms with Crippen LogP contribution in [0.3, 0.4) is 0 Å². The fourth-order valence-electron chi connectivity index (χ4n) is 5.36. The van der Waals surface area contributed by atoms with Crippen LogP contribution in [0.1, 0.15) is 54.4 Å². The van der Waals surface area contributed by atoms with E-state index in [1.807, 2.05) is 6.07 Å². The number of carbonyl (C=O) groups excluding carboxylic acids is 1. The Morgan fingerprint density at radius 2 is 1.83 bits per heavy atom. The molecule has 0 radical (unpaired) electrons. The Kier molecular flexibility index (Phi) is 5.39. The molecule has 1 aromatic rings. The van der Waals surface area contributed by atoms with E-state index in [4.69, 9.17) is 10.5 Å². The Morgan fingerprint density at radius 1 is 1.07 bits per heavy atom. The zero-order valence-electron chi connectivity index (χ0n) is 17.4. The smallest absolute Gasteiger partial charge is 0.251 e. The third-order valence-corrected chi connectivity index (χ3v) is 7.30. The van der Waals surface area contributed by atoms with Crippen molar-refractivity contribution >= 4 is 11.6 Å². The summed E-state index contributed by atoms with van der Waals surface area (Å²) >= 11 is 0. The lowest BCUT2D eigenvalue weighted by molar-refractivity contribution is 0.0694. The largest absolute Gasteiger partial charge is 0.491 e.